The molecule has 0 atom stereocenters. The number of benzene rings is 2. The van der Waals surface area contributed by atoms with E-state index in [9.17, 15) is 17.6 Å². The highest BCUT2D eigenvalue weighted by atomic mass is 19.3. The molecular formula is C24H26F4N2O2. The smallest absolute Gasteiger partial charge is 0.340 e. The van der Waals surface area contributed by atoms with Gasteiger partial charge in [0.2, 0.25) is 0 Å². The van der Waals surface area contributed by atoms with Crippen molar-refractivity contribution in [3.05, 3.63) is 59.8 Å². The van der Waals surface area contributed by atoms with E-state index in [0.29, 0.717) is 12.5 Å². The van der Waals surface area contributed by atoms with Gasteiger partial charge in [-0.3, -0.25) is 4.90 Å². The third-order valence-corrected chi connectivity index (χ3v) is 6.00. The second-order valence-corrected chi connectivity index (χ2v) is 8.20. The van der Waals surface area contributed by atoms with E-state index in [1.165, 1.54) is 17.0 Å². The number of halogens is 4. The maximum atomic E-state index is 13.1. The van der Waals surface area contributed by atoms with Crippen molar-refractivity contribution in [3.63, 3.8) is 0 Å². The molecule has 0 aliphatic carbocycles. The second-order valence-electron chi connectivity index (χ2n) is 8.20. The van der Waals surface area contributed by atoms with Crippen LogP contribution in [0.3, 0.4) is 0 Å². The van der Waals surface area contributed by atoms with Crippen molar-refractivity contribution in [2.45, 2.75) is 37.7 Å². The molecule has 4 nitrogen and oxygen atoms in total. The molecular weight excluding hydrogens is 424 g/mol. The number of H-pyrrole nitrogens is 1. The number of nitrogens with zero attached hydrogens (tertiary/aromatic N) is 1. The lowest BCUT2D eigenvalue weighted by molar-refractivity contribution is -0.148. The standard InChI is InChI=1S/C24H26F4N2O2/c1-31-18-5-6-22-20(12-18)21(13-29-22)17-7-9-30(10-8-17)14-16-3-2-4-19(11-16)32-15-24(27,28)23(25)26/h2-6,11-13,17,23,29H,7-10,14-15H2,1H3. The van der Waals surface area contributed by atoms with Crippen LogP contribution in [-0.4, -0.2) is 49.0 Å². The first kappa shape index (κ1) is 22.5. The summed E-state index contributed by atoms with van der Waals surface area (Å²) < 4.78 is 61.1. The number of methoxy groups -OCH3 is 1. The van der Waals surface area contributed by atoms with Crippen LogP contribution < -0.4 is 9.47 Å². The molecule has 2 aromatic carbocycles. The molecule has 1 fully saturated rings. The van der Waals surface area contributed by atoms with Gasteiger partial charge in [-0.2, -0.15) is 8.78 Å². The van der Waals surface area contributed by atoms with E-state index in [2.05, 4.69) is 22.1 Å². The van der Waals surface area contributed by atoms with Gasteiger partial charge < -0.3 is 14.5 Å². The minimum Gasteiger partial charge on any atom is -0.497 e. The summed E-state index contributed by atoms with van der Waals surface area (Å²) in [5, 5.41) is 1.19. The van der Waals surface area contributed by atoms with Gasteiger partial charge in [0.15, 0.2) is 6.61 Å². The molecule has 0 amide bonds. The fourth-order valence-corrected chi connectivity index (χ4v) is 4.22. The van der Waals surface area contributed by atoms with E-state index >= 15 is 0 Å². The second kappa shape index (κ2) is 9.40. The molecule has 0 unspecified atom stereocenters. The molecule has 4 rings (SSSR count). The molecule has 0 saturated carbocycles. The first-order chi connectivity index (χ1) is 15.4. The summed E-state index contributed by atoms with van der Waals surface area (Å²) in [6, 6.07) is 12.8. The first-order valence-electron chi connectivity index (χ1n) is 10.6. The Morgan fingerprint density at radius 3 is 2.59 bits per heavy atom. The van der Waals surface area contributed by atoms with E-state index in [1.54, 1.807) is 19.2 Å². The summed E-state index contributed by atoms with van der Waals surface area (Å²) in [6.45, 7) is 1.11. The molecule has 2 heterocycles. The number of aromatic amines is 1. The average Bonchev–Trinajstić information content (AvgIpc) is 3.21. The lowest BCUT2D eigenvalue weighted by atomic mass is 9.89. The Bertz CT molecular complexity index is 1050. The SMILES string of the molecule is COc1ccc2[nH]cc(C3CCN(Cc4cccc(OCC(F)(F)C(F)F)c4)CC3)c2c1. The number of hydrogen-bond acceptors (Lipinski definition) is 3. The summed E-state index contributed by atoms with van der Waals surface area (Å²) in [5.74, 6) is -2.71. The predicted molar refractivity (Wildman–Crippen MR) is 115 cm³/mol. The average molecular weight is 450 g/mol. The highest BCUT2D eigenvalue weighted by molar-refractivity contribution is 5.85. The van der Waals surface area contributed by atoms with Crippen molar-refractivity contribution >= 4 is 10.9 Å². The Labute approximate surface area is 184 Å². The van der Waals surface area contributed by atoms with Crippen LogP contribution in [0, 0.1) is 0 Å². The molecule has 1 aromatic heterocycles. The zero-order valence-electron chi connectivity index (χ0n) is 17.8. The van der Waals surface area contributed by atoms with Crippen molar-refractivity contribution in [2.24, 2.45) is 0 Å². The van der Waals surface area contributed by atoms with Crippen LogP contribution in [0.1, 0.15) is 29.9 Å². The first-order valence-corrected chi connectivity index (χ1v) is 10.6. The molecule has 0 spiro atoms. The van der Waals surface area contributed by atoms with Gasteiger partial charge in [0.05, 0.1) is 7.11 Å². The molecule has 0 bridgehead atoms. The normalized spacial score (nSPS) is 16.1. The Balaban J connectivity index is 1.35. The summed E-state index contributed by atoms with van der Waals surface area (Å²) in [4.78, 5) is 5.64. The van der Waals surface area contributed by atoms with Crippen LogP contribution >= 0.6 is 0 Å². The third kappa shape index (κ3) is 5.01. The van der Waals surface area contributed by atoms with E-state index in [0.717, 1.165) is 42.8 Å². The van der Waals surface area contributed by atoms with Gasteiger partial charge in [0.25, 0.3) is 0 Å². The van der Waals surface area contributed by atoms with Gasteiger partial charge in [-0.1, -0.05) is 12.1 Å². The third-order valence-electron chi connectivity index (χ3n) is 6.00. The van der Waals surface area contributed by atoms with Gasteiger partial charge in [0, 0.05) is 23.6 Å². The quantitative estimate of drug-likeness (QED) is 0.439. The van der Waals surface area contributed by atoms with Crippen molar-refractivity contribution < 1.29 is 27.0 Å². The van der Waals surface area contributed by atoms with Crippen molar-refractivity contribution in [1.29, 1.82) is 0 Å². The lowest BCUT2D eigenvalue weighted by Crippen LogP contribution is -2.34. The molecule has 1 aliphatic heterocycles. The molecule has 8 heteroatoms. The Morgan fingerprint density at radius 2 is 1.88 bits per heavy atom. The fourth-order valence-electron chi connectivity index (χ4n) is 4.22. The van der Waals surface area contributed by atoms with Gasteiger partial charge in [-0.15, -0.1) is 0 Å². The number of piperidine rings is 1. The van der Waals surface area contributed by atoms with Crippen molar-refractivity contribution in [2.75, 3.05) is 26.8 Å². The number of alkyl halides is 4. The molecule has 1 aliphatic rings. The van der Waals surface area contributed by atoms with E-state index in [1.807, 2.05) is 18.2 Å². The number of rotatable bonds is 8. The maximum Gasteiger partial charge on any atom is 0.340 e. The maximum absolute atomic E-state index is 13.1. The summed E-state index contributed by atoms with van der Waals surface area (Å²) >= 11 is 0. The minimum absolute atomic E-state index is 0.172. The molecule has 1 saturated heterocycles. The van der Waals surface area contributed by atoms with Crippen LogP contribution in [0.2, 0.25) is 0 Å². The van der Waals surface area contributed by atoms with E-state index < -0.39 is 19.0 Å². The topological polar surface area (TPSA) is 37.5 Å². The summed E-state index contributed by atoms with van der Waals surface area (Å²) in [6.07, 6.45) is 0.340. The molecule has 1 N–H and O–H groups in total. The molecule has 3 aromatic rings. The van der Waals surface area contributed by atoms with Crippen molar-refractivity contribution in [3.8, 4) is 11.5 Å². The number of likely N-dealkylation sites (tertiary alicyclic amines) is 1. The lowest BCUT2D eigenvalue weighted by Gasteiger charge is -2.32. The van der Waals surface area contributed by atoms with Gasteiger partial charge in [0.1, 0.15) is 11.5 Å². The number of ether oxygens (including phenoxy) is 2. The zero-order valence-corrected chi connectivity index (χ0v) is 17.8. The number of nitrogens with one attached hydrogen (secondary N) is 1. The van der Waals surface area contributed by atoms with Crippen LogP contribution in [-0.2, 0) is 6.54 Å². The fraction of sp³-hybridized carbons (Fsp3) is 0.417. The highest BCUT2D eigenvalue weighted by Gasteiger charge is 2.41. The number of hydrogen-bond donors (Lipinski definition) is 1. The Kier molecular flexibility index (Phi) is 6.60. The van der Waals surface area contributed by atoms with E-state index in [4.69, 9.17) is 9.47 Å². The minimum atomic E-state index is -4.16. The highest BCUT2D eigenvalue weighted by Crippen LogP contribution is 2.35. The van der Waals surface area contributed by atoms with Gasteiger partial charge >= 0.3 is 12.3 Å². The predicted octanol–water partition coefficient (Wildman–Crippen LogP) is 5.84. The van der Waals surface area contributed by atoms with Gasteiger partial charge in [-0.05, 0) is 73.3 Å². The zero-order chi connectivity index (χ0) is 22.7. The van der Waals surface area contributed by atoms with Crippen LogP contribution in [0.4, 0.5) is 17.6 Å². The largest absolute Gasteiger partial charge is 0.497 e. The summed E-state index contributed by atoms with van der Waals surface area (Å²) in [7, 11) is 1.66. The molecule has 172 valence electrons. The Morgan fingerprint density at radius 1 is 1.09 bits per heavy atom. The number of fused-ring (bicyclic) bond motifs is 1. The summed E-state index contributed by atoms with van der Waals surface area (Å²) in [5.41, 5.74) is 3.30. The van der Waals surface area contributed by atoms with Crippen molar-refractivity contribution in [1.82, 2.24) is 9.88 Å². The van der Waals surface area contributed by atoms with Gasteiger partial charge in [-0.25, -0.2) is 8.78 Å². The van der Waals surface area contributed by atoms with Crippen LogP contribution in [0.15, 0.2) is 48.7 Å². The van der Waals surface area contributed by atoms with Crippen LogP contribution in [0.5, 0.6) is 11.5 Å². The molecule has 0 radical (unpaired) electrons. The number of aromatic nitrogens is 1. The van der Waals surface area contributed by atoms with E-state index in [-0.39, 0.29) is 5.75 Å². The molecule has 32 heavy (non-hydrogen) atoms. The monoisotopic (exact) mass is 450 g/mol. The Hall–Kier alpha value is -2.74. The van der Waals surface area contributed by atoms with Crippen LogP contribution in [0.25, 0.3) is 10.9 Å².